The van der Waals surface area contributed by atoms with Crippen molar-refractivity contribution in [3.05, 3.63) is 64.2 Å². The molecule has 2 aromatic rings. The Balaban J connectivity index is 1.49. The molecule has 1 fully saturated rings. The fourth-order valence-electron chi connectivity index (χ4n) is 3.75. The second-order valence-corrected chi connectivity index (χ2v) is 9.09. The number of nitrogens with zero attached hydrogens (tertiary/aromatic N) is 2. The first-order valence-electron chi connectivity index (χ1n) is 9.12. The summed E-state index contributed by atoms with van der Waals surface area (Å²) in [6.07, 6.45) is 1.14. The van der Waals surface area contributed by atoms with E-state index in [9.17, 15) is 18.5 Å². The van der Waals surface area contributed by atoms with Crippen molar-refractivity contribution in [2.75, 3.05) is 19.6 Å². The number of sulfonamides is 1. The summed E-state index contributed by atoms with van der Waals surface area (Å²) in [5, 5.41) is 14.2. The first kappa shape index (κ1) is 18.9. The number of benzene rings is 2. The van der Waals surface area contributed by atoms with Gasteiger partial charge in [0.25, 0.3) is 5.69 Å². The second kappa shape index (κ2) is 7.16. The molecule has 0 amide bonds. The molecule has 0 saturated carbocycles. The van der Waals surface area contributed by atoms with E-state index in [0.717, 1.165) is 17.9 Å². The summed E-state index contributed by atoms with van der Waals surface area (Å²) >= 11 is 0. The summed E-state index contributed by atoms with van der Waals surface area (Å²) in [5.41, 5.74) is 0.530. The van der Waals surface area contributed by atoms with Gasteiger partial charge in [-0.3, -0.25) is 10.1 Å². The molecule has 0 radical (unpaired) electrons. The highest BCUT2D eigenvalue weighted by atomic mass is 32.2. The predicted octanol–water partition coefficient (Wildman–Crippen LogP) is 2.30. The Labute approximate surface area is 163 Å². The summed E-state index contributed by atoms with van der Waals surface area (Å²) in [7, 11) is -3.69. The molecule has 1 N–H and O–H groups in total. The molecule has 0 bridgehead atoms. The Morgan fingerprint density at radius 2 is 1.75 bits per heavy atom. The molecule has 2 aliphatic rings. The molecule has 8 nitrogen and oxygen atoms in total. The van der Waals surface area contributed by atoms with Crippen molar-refractivity contribution in [1.82, 2.24) is 9.62 Å². The third kappa shape index (κ3) is 3.48. The molecule has 0 atom stereocenters. The van der Waals surface area contributed by atoms with Gasteiger partial charge in [0, 0.05) is 56.7 Å². The lowest BCUT2D eigenvalue weighted by Gasteiger charge is -2.40. The Morgan fingerprint density at radius 1 is 1.07 bits per heavy atom. The molecular weight excluding hydrogens is 382 g/mol. The van der Waals surface area contributed by atoms with E-state index < -0.39 is 20.5 Å². The van der Waals surface area contributed by atoms with E-state index in [1.54, 1.807) is 0 Å². The molecule has 4 rings (SSSR count). The fraction of sp³-hybridized carbons (Fsp3) is 0.368. The Kier molecular flexibility index (Phi) is 4.82. The number of fused-ring (bicyclic) bond motifs is 1. The smallest absolute Gasteiger partial charge is 0.269 e. The highest BCUT2D eigenvalue weighted by molar-refractivity contribution is 7.89. The first-order valence-corrected chi connectivity index (χ1v) is 10.6. The summed E-state index contributed by atoms with van der Waals surface area (Å²) in [5.74, 6) is 0.846. The highest BCUT2D eigenvalue weighted by Crippen LogP contribution is 2.34. The van der Waals surface area contributed by atoms with E-state index in [2.05, 4.69) is 5.32 Å². The molecule has 2 heterocycles. The number of non-ortho nitro benzene ring substituents is 1. The minimum absolute atomic E-state index is 0.0688. The number of hydrogen-bond acceptors (Lipinski definition) is 6. The average molecular weight is 403 g/mol. The van der Waals surface area contributed by atoms with Crippen LogP contribution in [0.25, 0.3) is 0 Å². The van der Waals surface area contributed by atoms with Crippen LogP contribution in [0.2, 0.25) is 0 Å². The number of nitrogens with one attached hydrogen (secondary N) is 1. The Bertz CT molecular complexity index is 983. The van der Waals surface area contributed by atoms with Crippen LogP contribution in [0, 0.1) is 10.1 Å². The van der Waals surface area contributed by atoms with Gasteiger partial charge in [-0.15, -0.1) is 0 Å². The number of hydrogen-bond donors (Lipinski definition) is 1. The van der Waals surface area contributed by atoms with Crippen LogP contribution in [0.5, 0.6) is 5.75 Å². The third-order valence-corrected chi connectivity index (χ3v) is 7.29. The standard InChI is InChI=1S/C19H21N3O5S/c23-22(24)16-5-7-17(8-6-16)28(25,26)21-11-9-19(10-12-21)14-20-13-15-3-1-2-4-18(15)27-19/h1-8,20H,9-14H2. The molecule has 1 saturated heterocycles. The van der Waals surface area contributed by atoms with Crippen LogP contribution in [-0.4, -0.2) is 42.9 Å². The normalized spacial score (nSPS) is 19.4. The third-order valence-electron chi connectivity index (χ3n) is 5.38. The molecular formula is C19H21N3O5S. The lowest BCUT2D eigenvalue weighted by molar-refractivity contribution is -0.384. The maximum absolute atomic E-state index is 12.9. The van der Waals surface area contributed by atoms with Gasteiger partial charge in [0.1, 0.15) is 11.4 Å². The van der Waals surface area contributed by atoms with Crippen molar-refractivity contribution in [1.29, 1.82) is 0 Å². The van der Waals surface area contributed by atoms with Crippen LogP contribution in [0.1, 0.15) is 18.4 Å². The van der Waals surface area contributed by atoms with Gasteiger partial charge in [-0.25, -0.2) is 8.42 Å². The van der Waals surface area contributed by atoms with E-state index in [4.69, 9.17) is 4.74 Å². The maximum atomic E-state index is 12.9. The van der Waals surface area contributed by atoms with Crippen LogP contribution in [-0.2, 0) is 16.6 Å². The molecule has 0 aromatic heterocycles. The summed E-state index contributed by atoms with van der Waals surface area (Å²) in [4.78, 5) is 10.3. The molecule has 2 aliphatic heterocycles. The van der Waals surface area contributed by atoms with Crippen molar-refractivity contribution in [3.8, 4) is 5.75 Å². The van der Waals surface area contributed by atoms with Gasteiger partial charge in [0.05, 0.1) is 9.82 Å². The van der Waals surface area contributed by atoms with E-state index in [1.165, 1.54) is 28.6 Å². The minimum atomic E-state index is -3.69. The largest absolute Gasteiger partial charge is 0.486 e. The lowest BCUT2D eigenvalue weighted by Crippen LogP contribution is -2.53. The second-order valence-electron chi connectivity index (χ2n) is 7.15. The van der Waals surface area contributed by atoms with Gasteiger partial charge in [0.15, 0.2) is 0 Å². The van der Waals surface area contributed by atoms with E-state index in [-0.39, 0.29) is 10.6 Å². The zero-order valence-electron chi connectivity index (χ0n) is 15.2. The summed E-state index contributed by atoms with van der Waals surface area (Å²) < 4.78 is 33.6. The quantitative estimate of drug-likeness (QED) is 0.623. The topological polar surface area (TPSA) is 102 Å². The van der Waals surface area contributed by atoms with Crippen LogP contribution in [0.3, 0.4) is 0 Å². The Morgan fingerprint density at radius 3 is 2.43 bits per heavy atom. The Hall–Kier alpha value is -2.49. The van der Waals surface area contributed by atoms with Crippen LogP contribution < -0.4 is 10.1 Å². The molecule has 1 spiro atoms. The summed E-state index contributed by atoms with van der Waals surface area (Å²) in [6, 6.07) is 12.9. The zero-order valence-corrected chi connectivity index (χ0v) is 16.0. The lowest BCUT2D eigenvalue weighted by atomic mass is 9.92. The number of nitro benzene ring substituents is 1. The maximum Gasteiger partial charge on any atom is 0.269 e. The van der Waals surface area contributed by atoms with Gasteiger partial charge >= 0.3 is 0 Å². The fourth-order valence-corrected chi connectivity index (χ4v) is 5.19. The van der Waals surface area contributed by atoms with Gasteiger partial charge in [-0.1, -0.05) is 18.2 Å². The average Bonchev–Trinajstić information content (AvgIpc) is 2.87. The van der Waals surface area contributed by atoms with Crippen LogP contribution in [0.15, 0.2) is 53.4 Å². The van der Waals surface area contributed by atoms with Crippen molar-refractivity contribution in [2.45, 2.75) is 29.9 Å². The highest BCUT2D eigenvalue weighted by Gasteiger charge is 2.41. The van der Waals surface area contributed by atoms with Gasteiger partial charge in [-0.05, 0) is 18.2 Å². The zero-order chi connectivity index (χ0) is 19.8. The number of piperidine rings is 1. The molecule has 148 valence electrons. The van der Waals surface area contributed by atoms with E-state index >= 15 is 0 Å². The van der Waals surface area contributed by atoms with Gasteiger partial charge < -0.3 is 10.1 Å². The number of rotatable bonds is 3. The monoisotopic (exact) mass is 403 g/mol. The minimum Gasteiger partial charge on any atom is -0.486 e. The van der Waals surface area contributed by atoms with Crippen molar-refractivity contribution >= 4 is 15.7 Å². The van der Waals surface area contributed by atoms with Crippen molar-refractivity contribution in [2.24, 2.45) is 0 Å². The number of ether oxygens (including phenoxy) is 1. The van der Waals surface area contributed by atoms with Gasteiger partial charge in [0.2, 0.25) is 10.0 Å². The molecule has 0 aliphatic carbocycles. The van der Waals surface area contributed by atoms with Crippen molar-refractivity contribution < 1.29 is 18.1 Å². The SMILES string of the molecule is O=[N+]([O-])c1ccc(S(=O)(=O)N2CCC3(CC2)CNCc2ccccc2O3)cc1. The van der Waals surface area contributed by atoms with Crippen LogP contribution >= 0.6 is 0 Å². The van der Waals surface area contributed by atoms with E-state index in [0.29, 0.717) is 32.5 Å². The first-order chi connectivity index (χ1) is 13.4. The predicted molar refractivity (Wildman–Crippen MR) is 103 cm³/mol. The van der Waals surface area contributed by atoms with Gasteiger partial charge in [-0.2, -0.15) is 4.31 Å². The molecule has 2 aromatic carbocycles. The number of para-hydroxylation sites is 1. The van der Waals surface area contributed by atoms with E-state index in [1.807, 2.05) is 24.3 Å². The molecule has 9 heteroatoms. The molecule has 0 unspecified atom stereocenters. The van der Waals surface area contributed by atoms with Crippen molar-refractivity contribution in [3.63, 3.8) is 0 Å². The summed E-state index contributed by atoms with van der Waals surface area (Å²) in [6.45, 7) is 2.06. The van der Waals surface area contributed by atoms with Crippen LogP contribution in [0.4, 0.5) is 5.69 Å². The number of nitro groups is 1. The molecule has 28 heavy (non-hydrogen) atoms.